The van der Waals surface area contributed by atoms with Crippen molar-refractivity contribution in [2.24, 2.45) is 16.6 Å². The highest BCUT2D eigenvalue weighted by molar-refractivity contribution is 9.10. The largest absolute Gasteiger partial charge is 0.369 e. The van der Waals surface area contributed by atoms with E-state index in [1.54, 1.807) is 0 Å². The fourth-order valence-electron chi connectivity index (χ4n) is 4.16. The van der Waals surface area contributed by atoms with Crippen LogP contribution in [0.5, 0.6) is 0 Å². The predicted molar refractivity (Wildman–Crippen MR) is 85.0 cm³/mol. The molecule has 3 saturated heterocycles. The number of halogens is 1. The van der Waals surface area contributed by atoms with E-state index in [0.717, 1.165) is 23.2 Å². The zero-order valence-corrected chi connectivity index (χ0v) is 13.0. The maximum absolute atomic E-state index is 6.25. The summed E-state index contributed by atoms with van der Waals surface area (Å²) in [7, 11) is 0. The summed E-state index contributed by atoms with van der Waals surface area (Å²) in [6.07, 6.45) is 2.54. The maximum atomic E-state index is 6.25. The summed E-state index contributed by atoms with van der Waals surface area (Å²) in [5, 5.41) is 0. The third kappa shape index (κ3) is 1.66. The second kappa shape index (κ2) is 4.46. The second-order valence-electron chi connectivity index (χ2n) is 6.12. The Morgan fingerprint density at radius 1 is 1.25 bits per heavy atom. The highest BCUT2D eigenvalue weighted by Gasteiger charge is 2.54. The summed E-state index contributed by atoms with van der Waals surface area (Å²) in [5.41, 5.74) is 7.48. The molecule has 4 aliphatic rings. The topological polar surface area (TPSA) is 44.9 Å². The van der Waals surface area contributed by atoms with Crippen LogP contribution in [0.3, 0.4) is 0 Å². The predicted octanol–water partition coefficient (Wildman–Crippen LogP) is 2.05. The van der Waals surface area contributed by atoms with Crippen LogP contribution in [0.15, 0.2) is 33.7 Å². The van der Waals surface area contributed by atoms with Gasteiger partial charge in [-0.25, -0.2) is 0 Å². The van der Waals surface area contributed by atoms with Crippen molar-refractivity contribution in [3.63, 3.8) is 0 Å². The normalized spacial score (nSPS) is 35.6. The number of benzene rings is 1. The van der Waals surface area contributed by atoms with Gasteiger partial charge in [0.25, 0.3) is 0 Å². The summed E-state index contributed by atoms with van der Waals surface area (Å²) in [6, 6.07) is 8.33. The SMILES string of the molecule is NC1=NCC2(CN3CCC2CC3)N1c1ccccc1Br. The molecular formula is C15H19BrN4. The van der Waals surface area contributed by atoms with Gasteiger partial charge in [-0.15, -0.1) is 0 Å². The lowest BCUT2D eigenvalue weighted by Gasteiger charge is -2.55. The van der Waals surface area contributed by atoms with Gasteiger partial charge in [0.05, 0.1) is 17.8 Å². The van der Waals surface area contributed by atoms with Crippen LogP contribution in [0.25, 0.3) is 0 Å². The second-order valence-corrected chi connectivity index (χ2v) is 6.97. The van der Waals surface area contributed by atoms with Gasteiger partial charge in [0, 0.05) is 11.0 Å². The minimum Gasteiger partial charge on any atom is -0.369 e. The molecule has 1 aromatic carbocycles. The number of anilines is 1. The van der Waals surface area contributed by atoms with Gasteiger partial charge in [-0.2, -0.15) is 0 Å². The van der Waals surface area contributed by atoms with Crippen LogP contribution in [-0.2, 0) is 0 Å². The Morgan fingerprint density at radius 3 is 2.65 bits per heavy atom. The maximum Gasteiger partial charge on any atom is 0.196 e. The molecule has 4 heterocycles. The third-order valence-electron chi connectivity index (χ3n) is 5.13. The van der Waals surface area contributed by atoms with Crippen LogP contribution in [0.4, 0.5) is 5.69 Å². The fourth-order valence-corrected chi connectivity index (χ4v) is 4.62. The van der Waals surface area contributed by atoms with Gasteiger partial charge in [-0.05, 0) is 59.9 Å². The Morgan fingerprint density at radius 2 is 2.00 bits per heavy atom. The number of guanidine groups is 1. The molecule has 20 heavy (non-hydrogen) atoms. The number of hydrogen-bond acceptors (Lipinski definition) is 4. The quantitative estimate of drug-likeness (QED) is 0.854. The Balaban J connectivity index is 1.80. The van der Waals surface area contributed by atoms with Gasteiger partial charge in [-0.3, -0.25) is 4.99 Å². The standard InChI is InChI=1S/C15H19BrN4/c16-12-3-1-2-4-13(12)20-14(17)18-9-15(20)10-19-7-5-11(15)6-8-19/h1-4,11H,5-10H2,(H2,17,18). The first-order chi connectivity index (χ1) is 9.71. The van der Waals surface area contributed by atoms with Gasteiger partial charge in [-0.1, -0.05) is 12.1 Å². The highest BCUT2D eigenvalue weighted by atomic mass is 79.9. The van der Waals surface area contributed by atoms with Crippen LogP contribution >= 0.6 is 15.9 Å². The van der Waals surface area contributed by atoms with E-state index < -0.39 is 0 Å². The molecule has 0 amide bonds. The summed E-state index contributed by atoms with van der Waals surface area (Å²) in [4.78, 5) is 9.47. The van der Waals surface area contributed by atoms with Crippen LogP contribution in [0, 0.1) is 5.92 Å². The van der Waals surface area contributed by atoms with E-state index in [1.807, 2.05) is 6.07 Å². The van der Waals surface area contributed by atoms with Crippen LogP contribution < -0.4 is 10.6 Å². The van der Waals surface area contributed by atoms with Crippen LogP contribution in [0.1, 0.15) is 12.8 Å². The first-order valence-corrected chi connectivity index (χ1v) is 8.07. The molecule has 3 fully saturated rings. The molecule has 5 rings (SSSR count). The summed E-state index contributed by atoms with van der Waals surface area (Å²) in [6.45, 7) is 4.39. The number of hydrogen-bond donors (Lipinski definition) is 1. The van der Waals surface area contributed by atoms with E-state index in [0.29, 0.717) is 11.9 Å². The molecule has 2 N–H and O–H groups in total. The summed E-state index contributed by atoms with van der Waals surface area (Å²) >= 11 is 3.67. The first kappa shape index (κ1) is 12.7. The molecule has 0 radical (unpaired) electrons. The minimum absolute atomic E-state index is 0.0739. The van der Waals surface area contributed by atoms with Gasteiger partial charge in [0.1, 0.15) is 0 Å². The number of nitrogens with zero attached hydrogens (tertiary/aromatic N) is 3. The van der Waals surface area contributed by atoms with Gasteiger partial charge in [0.2, 0.25) is 0 Å². The van der Waals surface area contributed by atoms with Crippen molar-refractivity contribution in [2.75, 3.05) is 31.1 Å². The van der Waals surface area contributed by atoms with E-state index in [9.17, 15) is 0 Å². The molecule has 2 bridgehead atoms. The molecule has 0 aliphatic carbocycles. The molecule has 0 aromatic heterocycles. The average Bonchev–Trinajstić information content (AvgIpc) is 2.78. The summed E-state index contributed by atoms with van der Waals surface area (Å²) < 4.78 is 1.09. The smallest absolute Gasteiger partial charge is 0.196 e. The van der Waals surface area contributed by atoms with Crippen molar-refractivity contribution in [1.29, 1.82) is 0 Å². The van der Waals surface area contributed by atoms with Crippen molar-refractivity contribution in [3.8, 4) is 0 Å². The zero-order valence-electron chi connectivity index (χ0n) is 11.4. The number of rotatable bonds is 1. The monoisotopic (exact) mass is 334 g/mol. The van der Waals surface area contributed by atoms with Crippen molar-refractivity contribution < 1.29 is 0 Å². The Hall–Kier alpha value is -1.07. The minimum atomic E-state index is 0.0739. The fraction of sp³-hybridized carbons (Fsp3) is 0.533. The van der Waals surface area contributed by atoms with E-state index in [1.165, 1.54) is 25.9 Å². The Bertz CT molecular complexity index is 565. The van der Waals surface area contributed by atoms with Crippen LogP contribution in [-0.4, -0.2) is 42.6 Å². The molecule has 0 saturated carbocycles. The highest BCUT2D eigenvalue weighted by Crippen LogP contribution is 2.45. The van der Waals surface area contributed by atoms with E-state index in [-0.39, 0.29) is 5.54 Å². The number of aliphatic imine (C=N–C) groups is 1. The van der Waals surface area contributed by atoms with Gasteiger partial charge >= 0.3 is 0 Å². The molecule has 1 unspecified atom stereocenters. The van der Waals surface area contributed by atoms with E-state index in [2.05, 4.69) is 48.9 Å². The van der Waals surface area contributed by atoms with Crippen molar-refractivity contribution in [2.45, 2.75) is 18.4 Å². The molecular weight excluding hydrogens is 316 g/mol. The molecule has 5 heteroatoms. The lowest BCUT2D eigenvalue weighted by molar-refractivity contribution is 0.0391. The molecule has 4 nitrogen and oxygen atoms in total. The first-order valence-electron chi connectivity index (χ1n) is 7.28. The zero-order chi connectivity index (χ0) is 13.7. The van der Waals surface area contributed by atoms with E-state index in [4.69, 9.17) is 5.73 Å². The third-order valence-corrected chi connectivity index (χ3v) is 5.80. The van der Waals surface area contributed by atoms with Crippen molar-refractivity contribution in [1.82, 2.24) is 4.90 Å². The van der Waals surface area contributed by atoms with Crippen molar-refractivity contribution in [3.05, 3.63) is 28.7 Å². The molecule has 1 atom stereocenters. The lowest BCUT2D eigenvalue weighted by atomic mass is 9.72. The molecule has 106 valence electrons. The number of nitrogens with two attached hydrogens (primary N) is 1. The van der Waals surface area contributed by atoms with Gasteiger partial charge < -0.3 is 15.5 Å². The molecule has 1 aromatic rings. The molecule has 4 aliphatic heterocycles. The number of piperidine rings is 3. The molecule has 1 spiro atoms. The average molecular weight is 335 g/mol. The van der Waals surface area contributed by atoms with E-state index >= 15 is 0 Å². The number of para-hydroxylation sites is 1. The Kier molecular flexibility index (Phi) is 2.82. The number of fused-ring (bicyclic) bond motifs is 2. The van der Waals surface area contributed by atoms with Crippen LogP contribution in [0.2, 0.25) is 0 Å². The summed E-state index contributed by atoms with van der Waals surface area (Å²) in [5.74, 6) is 1.37. The lowest BCUT2D eigenvalue weighted by Crippen LogP contribution is -2.68. The Labute approximate surface area is 127 Å². The van der Waals surface area contributed by atoms with Gasteiger partial charge in [0.15, 0.2) is 5.96 Å². The van der Waals surface area contributed by atoms with Crippen molar-refractivity contribution >= 4 is 27.6 Å².